The predicted octanol–water partition coefficient (Wildman–Crippen LogP) is 1.20. The number of aromatic amines is 1. The quantitative estimate of drug-likeness (QED) is 0.634. The number of rotatable bonds is 8. The van der Waals surface area contributed by atoms with Crippen molar-refractivity contribution < 1.29 is 22.7 Å². The summed E-state index contributed by atoms with van der Waals surface area (Å²) in [7, 11) is -3.58. The standard InChI is InChI=1S/C18H21N3O6S/c1-3-21(4-2)28(25,26)14-9-7-13(8-10-14)20-16(22)12-27-18(24)15-6-5-11-19-17(15)23/h5-11H,3-4,12H2,1-2H3,(H,19,23)(H,20,22). The van der Waals surface area contributed by atoms with Gasteiger partial charge in [-0.1, -0.05) is 13.8 Å². The highest BCUT2D eigenvalue weighted by atomic mass is 32.2. The molecule has 0 saturated heterocycles. The summed E-state index contributed by atoms with van der Waals surface area (Å²) in [5.74, 6) is -1.54. The Kier molecular flexibility index (Phi) is 7.07. The minimum Gasteiger partial charge on any atom is -0.452 e. The summed E-state index contributed by atoms with van der Waals surface area (Å²) < 4.78 is 31.0. The van der Waals surface area contributed by atoms with Crippen LogP contribution in [-0.2, 0) is 19.6 Å². The Labute approximate surface area is 162 Å². The van der Waals surface area contributed by atoms with Gasteiger partial charge in [-0.3, -0.25) is 9.59 Å². The zero-order valence-corrected chi connectivity index (χ0v) is 16.3. The number of nitrogens with one attached hydrogen (secondary N) is 2. The molecule has 1 aromatic heterocycles. The Morgan fingerprint density at radius 3 is 2.32 bits per heavy atom. The van der Waals surface area contributed by atoms with Crippen LogP contribution < -0.4 is 10.9 Å². The number of amides is 1. The SMILES string of the molecule is CCN(CC)S(=O)(=O)c1ccc(NC(=O)COC(=O)c2ccc[nH]c2=O)cc1. The molecule has 1 heterocycles. The minimum atomic E-state index is -3.58. The van der Waals surface area contributed by atoms with Crippen LogP contribution in [0.5, 0.6) is 0 Å². The monoisotopic (exact) mass is 407 g/mol. The van der Waals surface area contributed by atoms with E-state index in [-0.39, 0.29) is 10.5 Å². The summed E-state index contributed by atoms with van der Waals surface area (Å²) in [5.41, 5.74) is -0.476. The lowest BCUT2D eigenvalue weighted by Crippen LogP contribution is -2.30. The van der Waals surface area contributed by atoms with E-state index in [1.165, 1.54) is 46.9 Å². The third-order valence-electron chi connectivity index (χ3n) is 3.85. The van der Waals surface area contributed by atoms with E-state index in [0.717, 1.165) is 0 Å². The van der Waals surface area contributed by atoms with Gasteiger partial charge in [0.25, 0.3) is 11.5 Å². The van der Waals surface area contributed by atoms with Crippen molar-refractivity contribution in [2.45, 2.75) is 18.7 Å². The number of carbonyl (C=O) groups is 2. The van der Waals surface area contributed by atoms with Crippen molar-refractivity contribution in [1.82, 2.24) is 9.29 Å². The zero-order valence-electron chi connectivity index (χ0n) is 15.5. The van der Waals surface area contributed by atoms with Gasteiger partial charge in [-0.05, 0) is 36.4 Å². The van der Waals surface area contributed by atoms with Crippen LogP contribution in [0.15, 0.2) is 52.3 Å². The van der Waals surface area contributed by atoms with Gasteiger partial charge >= 0.3 is 5.97 Å². The lowest BCUT2D eigenvalue weighted by atomic mass is 10.3. The number of esters is 1. The number of hydrogen-bond acceptors (Lipinski definition) is 6. The first-order valence-electron chi connectivity index (χ1n) is 8.54. The van der Waals surface area contributed by atoms with Gasteiger partial charge in [-0.2, -0.15) is 4.31 Å². The Balaban J connectivity index is 1.97. The van der Waals surface area contributed by atoms with Crippen LogP contribution in [-0.4, -0.2) is 49.3 Å². The predicted molar refractivity (Wildman–Crippen MR) is 103 cm³/mol. The third-order valence-corrected chi connectivity index (χ3v) is 5.92. The summed E-state index contributed by atoms with van der Waals surface area (Å²) in [5, 5.41) is 2.49. The highest BCUT2D eigenvalue weighted by Crippen LogP contribution is 2.18. The molecule has 1 aromatic carbocycles. The number of carbonyl (C=O) groups excluding carboxylic acids is 2. The summed E-state index contributed by atoms with van der Waals surface area (Å²) in [4.78, 5) is 37.7. The number of benzene rings is 1. The summed E-state index contributed by atoms with van der Waals surface area (Å²) in [6, 6.07) is 8.41. The summed E-state index contributed by atoms with van der Waals surface area (Å²) in [6.07, 6.45) is 1.37. The second-order valence-electron chi connectivity index (χ2n) is 5.65. The van der Waals surface area contributed by atoms with Gasteiger partial charge < -0.3 is 15.0 Å². The molecule has 0 aliphatic heterocycles. The molecule has 0 aliphatic rings. The topological polar surface area (TPSA) is 126 Å². The third kappa shape index (κ3) is 5.05. The van der Waals surface area contributed by atoms with E-state index in [0.29, 0.717) is 18.8 Å². The first kappa shape index (κ1) is 21.3. The van der Waals surface area contributed by atoms with Gasteiger partial charge in [-0.25, -0.2) is 13.2 Å². The molecule has 150 valence electrons. The number of sulfonamides is 1. The number of anilines is 1. The summed E-state index contributed by atoms with van der Waals surface area (Å²) in [6.45, 7) is 3.62. The van der Waals surface area contributed by atoms with Gasteiger partial charge in [0.2, 0.25) is 10.0 Å². The Morgan fingerprint density at radius 1 is 1.11 bits per heavy atom. The molecule has 2 rings (SSSR count). The lowest BCUT2D eigenvalue weighted by molar-refractivity contribution is -0.119. The molecular weight excluding hydrogens is 386 g/mol. The molecule has 2 aromatic rings. The average Bonchev–Trinajstić information content (AvgIpc) is 2.67. The van der Waals surface area contributed by atoms with Gasteiger partial charge in [0.1, 0.15) is 5.56 Å². The van der Waals surface area contributed by atoms with Crippen LogP contribution >= 0.6 is 0 Å². The minimum absolute atomic E-state index is 0.115. The van der Waals surface area contributed by atoms with Crippen molar-refractivity contribution >= 4 is 27.6 Å². The molecular formula is C18H21N3O6S. The van der Waals surface area contributed by atoms with Crippen LogP contribution in [0.25, 0.3) is 0 Å². The maximum atomic E-state index is 12.4. The van der Waals surface area contributed by atoms with E-state index in [1.54, 1.807) is 13.8 Å². The normalized spacial score (nSPS) is 11.2. The van der Waals surface area contributed by atoms with Crippen molar-refractivity contribution in [3.8, 4) is 0 Å². The number of nitrogens with zero attached hydrogens (tertiary/aromatic N) is 1. The molecule has 0 unspecified atom stereocenters. The van der Waals surface area contributed by atoms with Gasteiger partial charge in [-0.15, -0.1) is 0 Å². The maximum Gasteiger partial charge on any atom is 0.344 e. The Bertz CT molecular complexity index is 994. The van der Waals surface area contributed by atoms with Crippen LogP contribution in [0.2, 0.25) is 0 Å². The molecule has 10 heteroatoms. The van der Waals surface area contributed by atoms with Crippen LogP contribution in [0.1, 0.15) is 24.2 Å². The number of hydrogen-bond donors (Lipinski definition) is 2. The largest absolute Gasteiger partial charge is 0.452 e. The van der Waals surface area contributed by atoms with E-state index in [1.807, 2.05) is 0 Å². The lowest BCUT2D eigenvalue weighted by Gasteiger charge is -2.18. The van der Waals surface area contributed by atoms with Gasteiger partial charge in [0, 0.05) is 25.0 Å². The molecule has 0 fully saturated rings. The molecule has 0 atom stereocenters. The molecule has 0 radical (unpaired) electrons. The molecule has 0 bridgehead atoms. The highest BCUT2D eigenvalue weighted by molar-refractivity contribution is 7.89. The Hall–Kier alpha value is -2.98. The number of pyridine rings is 1. The molecule has 0 aliphatic carbocycles. The van der Waals surface area contributed by atoms with E-state index in [9.17, 15) is 22.8 Å². The van der Waals surface area contributed by atoms with E-state index < -0.39 is 34.1 Å². The summed E-state index contributed by atoms with van der Waals surface area (Å²) >= 11 is 0. The molecule has 0 spiro atoms. The molecule has 0 saturated carbocycles. The van der Waals surface area contributed by atoms with Crippen molar-refractivity contribution in [2.24, 2.45) is 0 Å². The number of aromatic nitrogens is 1. The van der Waals surface area contributed by atoms with Crippen LogP contribution in [0.3, 0.4) is 0 Å². The fraction of sp³-hybridized carbons (Fsp3) is 0.278. The van der Waals surface area contributed by atoms with Gasteiger partial charge in [0.15, 0.2) is 6.61 Å². The zero-order chi connectivity index (χ0) is 20.7. The molecule has 9 nitrogen and oxygen atoms in total. The van der Waals surface area contributed by atoms with Crippen molar-refractivity contribution in [1.29, 1.82) is 0 Å². The van der Waals surface area contributed by atoms with E-state index >= 15 is 0 Å². The smallest absolute Gasteiger partial charge is 0.344 e. The fourth-order valence-electron chi connectivity index (χ4n) is 2.41. The number of H-pyrrole nitrogens is 1. The molecule has 2 N–H and O–H groups in total. The van der Waals surface area contributed by atoms with Gasteiger partial charge in [0.05, 0.1) is 4.90 Å². The first-order chi connectivity index (χ1) is 13.3. The second kappa shape index (κ2) is 9.29. The molecule has 1 amide bonds. The Morgan fingerprint density at radius 2 is 1.75 bits per heavy atom. The number of ether oxygens (including phenoxy) is 1. The van der Waals surface area contributed by atoms with Crippen molar-refractivity contribution in [3.05, 3.63) is 58.5 Å². The van der Waals surface area contributed by atoms with Crippen molar-refractivity contribution in [3.63, 3.8) is 0 Å². The molecule has 28 heavy (non-hydrogen) atoms. The van der Waals surface area contributed by atoms with Crippen molar-refractivity contribution in [2.75, 3.05) is 25.0 Å². The first-order valence-corrected chi connectivity index (χ1v) is 9.98. The highest BCUT2D eigenvalue weighted by Gasteiger charge is 2.21. The van der Waals surface area contributed by atoms with Crippen LogP contribution in [0.4, 0.5) is 5.69 Å². The van der Waals surface area contributed by atoms with Crippen LogP contribution in [0, 0.1) is 0 Å². The fourth-order valence-corrected chi connectivity index (χ4v) is 3.87. The maximum absolute atomic E-state index is 12.4. The van der Waals surface area contributed by atoms with E-state index in [2.05, 4.69) is 10.3 Å². The average molecular weight is 407 g/mol. The van der Waals surface area contributed by atoms with E-state index in [4.69, 9.17) is 4.74 Å². The second-order valence-corrected chi connectivity index (χ2v) is 7.59.